The normalized spacial score (nSPS) is 18.6. The van der Waals surface area contributed by atoms with Crippen molar-refractivity contribution >= 4 is 29.7 Å². The van der Waals surface area contributed by atoms with Crippen LogP contribution in [0.15, 0.2) is 24.3 Å². The Morgan fingerprint density at radius 1 is 1.43 bits per heavy atom. The molecule has 1 aromatic carbocycles. The number of carbonyl (C=O) groups is 2. The highest BCUT2D eigenvalue weighted by atomic mass is 32.2. The Labute approximate surface area is 128 Å². The van der Waals surface area contributed by atoms with E-state index in [0.29, 0.717) is 5.56 Å². The quantitative estimate of drug-likeness (QED) is 0.839. The first kappa shape index (κ1) is 15.6. The molecule has 5 heteroatoms. The van der Waals surface area contributed by atoms with Crippen LogP contribution >= 0.6 is 11.8 Å². The van der Waals surface area contributed by atoms with Gasteiger partial charge in [-0.15, -0.1) is 0 Å². The lowest BCUT2D eigenvalue weighted by atomic mass is 10.0. The third-order valence-electron chi connectivity index (χ3n) is 3.43. The van der Waals surface area contributed by atoms with E-state index in [1.54, 1.807) is 18.2 Å². The van der Waals surface area contributed by atoms with E-state index in [0.717, 1.165) is 35.8 Å². The Morgan fingerprint density at radius 2 is 2.24 bits per heavy atom. The lowest BCUT2D eigenvalue weighted by molar-refractivity contribution is -0.131. The minimum atomic E-state index is -0.981. The van der Waals surface area contributed by atoms with Gasteiger partial charge in [-0.25, -0.2) is 4.79 Å². The molecule has 1 saturated heterocycles. The second kappa shape index (κ2) is 7.31. The number of hydrogen-bond acceptors (Lipinski definition) is 3. The molecule has 1 amide bonds. The summed E-state index contributed by atoms with van der Waals surface area (Å²) < 4.78 is 0. The lowest BCUT2D eigenvalue weighted by Gasteiger charge is -2.22. The number of amides is 1. The van der Waals surface area contributed by atoms with Crippen molar-refractivity contribution in [2.24, 2.45) is 0 Å². The van der Waals surface area contributed by atoms with Gasteiger partial charge in [0.1, 0.15) is 0 Å². The van der Waals surface area contributed by atoms with Crippen LogP contribution < -0.4 is 5.32 Å². The number of hydrogen-bond donors (Lipinski definition) is 2. The number of carboxylic acid groups (broad SMARTS) is 1. The van der Waals surface area contributed by atoms with Crippen LogP contribution in [0.25, 0.3) is 6.08 Å². The van der Waals surface area contributed by atoms with Crippen LogP contribution in [0.5, 0.6) is 0 Å². The Bertz CT molecular complexity index is 563. The summed E-state index contributed by atoms with van der Waals surface area (Å²) in [7, 11) is 0. The molecule has 21 heavy (non-hydrogen) atoms. The van der Waals surface area contributed by atoms with E-state index < -0.39 is 5.97 Å². The molecule has 0 radical (unpaired) electrons. The number of benzene rings is 1. The molecular formula is C16H19NO3S. The van der Waals surface area contributed by atoms with Crippen LogP contribution in [0.4, 0.5) is 0 Å². The molecule has 112 valence electrons. The van der Waals surface area contributed by atoms with Gasteiger partial charge in [-0.2, -0.15) is 11.8 Å². The number of aryl methyl sites for hydroxylation is 1. The number of thioether (sulfide) groups is 1. The van der Waals surface area contributed by atoms with Gasteiger partial charge in [0.05, 0.1) is 0 Å². The first-order valence-corrected chi connectivity index (χ1v) is 8.12. The zero-order valence-corrected chi connectivity index (χ0v) is 12.8. The zero-order valence-electron chi connectivity index (χ0n) is 12.0. The van der Waals surface area contributed by atoms with E-state index in [4.69, 9.17) is 5.11 Å². The van der Waals surface area contributed by atoms with Gasteiger partial charge in [0, 0.05) is 23.4 Å². The second-order valence-corrected chi connectivity index (χ2v) is 6.28. The SMILES string of the molecule is Cc1cc(C(=O)NC2CCCSC2)ccc1/C=C/C(=O)O. The maximum absolute atomic E-state index is 12.2. The standard InChI is InChI=1S/C16H19NO3S/c1-11-9-13(5-4-12(11)6-7-15(18)19)16(20)17-14-3-2-8-21-10-14/h4-7,9,14H,2-3,8,10H2,1H3,(H,17,20)(H,18,19)/b7-6+. The lowest BCUT2D eigenvalue weighted by Crippen LogP contribution is -2.38. The van der Waals surface area contributed by atoms with Crippen molar-refractivity contribution in [2.75, 3.05) is 11.5 Å². The Morgan fingerprint density at radius 3 is 2.86 bits per heavy atom. The first-order chi connectivity index (χ1) is 10.1. The summed E-state index contributed by atoms with van der Waals surface area (Å²) >= 11 is 1.88. The molecule has 0 aliphatic carbocycles. The van der Waals surface area contributed by atoms with Crippen molar-refractivity contribution in [3.05, 3.63) is 41.0 Å². The summed E-state index contributed by atoms with van der Waals surface area (Å²) in [5.74, 6) is 1.12. The van der Waals surface area contributed by atoms with Crippen LogP contribution in [-0.4, -0.2) is 34.5 Å². The van der Waals surface area contributed by atoms with Crippen molar-refractivity contribution in [3.8, 4) is 0 Å². The molecule has 1 heterocycles. The molecule has 1 fully saturated rings. The highest BCUT2D eigenvalue weighted by molar-refractivity contribution is 7.99. The van der Waals surface area contributed by atoms with E-state index in [-0.39, 0.29) is 11.9 Å². The molecule has 0 bridgehead atoms. The summed E-state index contributed by atoms with van der Waals surface area (Å²) in [4.78, 5) is 22.7. The fraction of sp³-hybridized carbons (Fsp3) is 0.375. The fourth-order valence-electron chi connectivity index (χ4n) is 2.29. The van der Waals surface area contributed by atoms with Crippen LogP contribution in [0, 0.1) is 6.92 Å². The third kappa shape index (κ3) is 4.63. The van der Waals surface area contributed by atoms with Gasteiger partial charge in [-0.3, -0.25) is 4.79 Å². The summed E-state index contributed by atoms with van der Waals surface area (Å²) in [6.45, 7) is 1.87. The molecule has 1 aliphatic rings. The van der Waals surface area contributed by atoms with Gasteiger partial charge in [0.25, 0.3) is 5.91 Å². The molecule has 0 aromatic heterocycles. The van der Waals surface area contributed by atoms with E-state index in [1.165, 1.54) is 11.8 Å². The Hall–Kier alpha value is -1.75. The summed E-state index contributed by atoms with van der Waals surface area (Å²) in [5, 5.41) is 11.7. The number of nitrogens with one attached hydrogen (secondary N) is 1. The van der Waals surface area contributed by atoms with Crippen LogP contribution in [0.2, 0.25) is 0 Å². The molecule has 4 nitrogen and oxygen atoms in total. The maximum atomic E-state index is 12.2. The van der Waals surface area contributed by atoms with E-state index in [2.05, 4.69) is 5.32 Å². The number of rotatable bonds is 4. The smallest absolute Gasteiger partial charge is 0.328 e. The molecule has 0 saturated carbocycles. The Balaban J connectivity index is 2.04. The second-order valence-electron chi connectivity index (χ2n) is 5.13. The number of aliphatic carboxylic acids is 1. The fourth-order valence-corrected chi connectivity index (χ4v) is 3.36. The first-order valence-electron chi connectivity index (χ1n) is 6.96. The summed E-state index contributed by atoms with van der Waals surface area (Å²) in [5.41, 5.74) is 2.32. The van der Waals surface area contributed by atoms with Gasteiger partial charge < -0.3 is 10.4 Å². The van der Waals surface area contributed by atoms with Crippen molar-refractivity contribution in [2.45, 2.75) is 25.8 Å². The zero-order chi connectivity index (χ0) is 15.2. The topological polar surface area (TPSA) is 66.4 Å². The minimum absolute atomic E-state index is 0.0561. The average Bonchev–Trinajstić information content (AvgIpc) is 2.46. The van der Waals surface area contributed by atoms with Crippen LogP contribution in [-0.2, 0) is 4.79 Å². The molecular weight excluding hydrogens is 286 g/mol. The highest BCUT2D eigenvalue weighted by Gasteiger charge is 2.17. The van der Waals surface area contributed by atoms with Crippen LogP contribution in [0.3, 0.4) is 0 Å². The molecule has 1 unspecified atom stereocenters. The van der Waals surface area contributed by atoms with Gasteiger partial charge in [-0.05, 0) is 54.9 Å². The predicted molar refractivity (Wildman–Crippen MR) is 85.7 cm³/mol. The average molecular weight is 305 g/mol. The molecule has 0 spiro atoms. The van der Waals surface area contributed by atoms with Crippen molar-refractivity contribution in [1.82, 2.24) is 5.32 Å². The van der Waals surface area contributed by atoms with Crippen molar-refractivity contribution in [1.29, 1.82) is 0 Å². The molecule has 1 aliphatic heterocycles. The van der Waals surface area contributed by atoms with Gasteiger partial charge >= 0.3 is 5.97 Å². The summed E-state index contributed by atoms with van der Waals surface area (Å²) in [6.07, 6.45) is 4.82. The minimum Gasteiger partial charge on any atom is -0.478 e. The highest BCUT2D eigenvalue weighted by Crippen LogP contribution is 2.18. The van der Waals surface area contributed by atoms with Crippen LogP contribution in [0.1, 0.15) is 34.3 Å². The van der Waals surface area contributed by atoms with Gasteiger partial charge in [0.15, 0.2) is 0 Å². The van der Waals surface area contributed by atoms with Gasteiger partial charge in [0.2, 0.25) is 0 Å². The summed E-state index contributed by atoms with van der Waals surface area (Å²) in [6, 6.07) is 5.56. The van der Waals surface area contributed by atoms with Crippen molar-refractivity contribution < 1.29 is 14.7 Å². The number of carboxylic acids is 1. The molecule has 1 atom stereocenters. The predicted octanol–water partition coefficient (Wildman–Crippen LogP) is 2.72. The van der Waals surface area contributed by atoms with Gasteiger partial charge in [-0.1, -0.05) is 6.07 Å². The Kier molecular flexibility index (Phi) is 5.44. The third-order valence-corrected chi connectivity index (χ3v) is 4.65. The van der Waals surface area contributed by atoms with Crippen molar-refractivity contribution in [3.63, 3.8) is 0 Å². The van der Waals surface area contributed by atoms with E-state index in [9.17, 15) is 9.59 Å². The molecule has 2 N–H and O–H groups in total. The number of carbonyl (C=O) groups excluding carboxylic acids is 1. The maximum Gasteiger partial charge on any atom is 0.328 e. The molecule has 1 aromatic rings. The van der Waals surface area contributed by atoms with E-state index in [1.807, 2.05) is 18.7 Å². The molecule has 2 rings (SSSR count). The monoisotopic (exact) mass is 305 g/mol. The largest absolute Gasteiger partial charge is 0.478 e. The van der Waals surface area contributed by atoms with E-state index >= 15 is 0 Å².